The number of nitrogens with one attached hydrogen (secondary N) is 2. The molecule has 6 atom stereocenters. The van der Waals surface area contributed by atoms with Crippen molar-refractivity contribution in [1.82, 2.24) is 15.0 Å². The molecule has 3 heterocycles. The lowest BCUT2D eigenvalue weighted by atomic mass is 9.91. The highest BCUT2D eigenvalue weighted by molar-refractivity contribution is 6.04. The fraction of sp³-hybridized carbons (Fsp3) is 0.542. The third kappa shape index (κ3) is 4.73. The van der Waals surface area contributed by atoms with Crippen LogP contribution in [0.4, 0.5) is 19.0 Å². The van der Waals surface area contributed by atoms with Gasteiger partial charge in [0.05, 0.1) is 17.7 Å². The van der Waals surface area contributed by atoms with Gasteiger partial charge in [-0.05, 0) is 56.1 Å². The average molecular weight is 490 g/mol. The first-order valence-electron chi connectivity index (χ1n) is 11.7. The van der Waals surface area contributed by atoms with E-state index < -0.39 is 35.6 Å². The third-order valence-corrected chi connectivity index (χ3v) is 7.39. The number of aryl methyl sites for hydroxylation is 1. The highest BCUT2D eigenvalue weighted by Gasteiger charge is 2.64. The number of aromatic amines is 1. The molecule has 4 unspecified atom stereocenters. The lowest BCUT2D eigenvalue weighted by Gasteiger charge is -2.29. The Labute approximate surface area is 198 Å². The Morgan fingerprint density at radius 2 is 1.97 bits per heavy atom. The zero-order valence-electron chi connectivity index (χ0n) is 19.0. The highest BCUT2D eigenvalue weighted by Crippen LogP contribution is 2.63. The molecule has 2 aromatic rings. The average Bonchev–Trinajstić information content (AvgIpc) is 3.50. The van der Waals surface area contributed by atoms with E-state index in [1.165, 1.54) is 12.3 Å². The number of aromatic nitrogens is 3. The number of alkyl halides is 3. The number of ether oxygens (including phenoxy) is 1. The number of Topliss-reactive ketones (excluding diaryl/α,β-unsaturated/α-hetero) is 1. The number of ketones is 1. The number of nitrogens with zero attached hydrogens (tertiary/aromatic N) is 2. The molecule has 2 N–H and O–H groups in total. The Morgan fingerprint density at radius 1 is 1.17 bits per heavy atom. The summed E-state index contributed by atoms with van der Waals surface area (Å²) in [7, 11) is 0. The maximum absolute atomic E-state index is 13.3. The van der Waals surface area contributed by atoms with E-state index in [4.69, 9.17) is 4.74 Å². The van der Waals surface area contributed by atoms with Crippen LogP contribution in [0.2, 0.25) is 0 Å². The molecule has 2 aliphatic carbocycles. The lowest BCUT2D eigenvalue weighted by molar-refractivity contribution is -0.178. The van der Waals surface area contributed by atoms with Crippen molar-refractivity contribution in [2.75, 3.05) is 11.9 Å². The Hall–Kier alpha value is -3.08. The van der Waals surface area contributed by atoms with Crippen molar-refractivity contribution in [3.63, 3.8) is 0 Å². The molecule has 5 rings (SSSR count). The molecule has 1 aliphatic heterocycles. The number of anilines is 1. The molecule has 0 spiro atoms. The van der Waals surface area contributed by atoms with Crippen LogP contribution in [-0.4, -0.2) is 39.4 Å². The molecule has 11 heteroatoms. The summed E-state index contributed by atoms with van der Waals surface area (Å²) in [5.74, 6) is -4.36. The van der Waals surface area contributed by atoms with Crippen LogP contribution < -0.4 is 10.9 Å². The fourth-order valence-corrected chi connectivity index (χ4v) is 5.49. The van der Waals surface area contributed by atoms with Crippen molar-refractivity contribution in [3.8, 4) is 0 Å². The first-order valence-corrected chi connectivity index (χ1v) is 11.7. The number of carbonyl (C=O) groups excluding carboxylic acids is 2. The predicted molar refractivity (Wildman–Crippen MR) is 117 cm³/mol. The predicted octanol–water partition coefficient (Wildman–Crippen LogP) is 3.60. The van der Waals surface area contributed by atoms with Crippen molar-refractivity contribution >= 4 is 17.5 Å². The molecule has 0 radical (unpaired) electrons. The van der Waals surface area contributed by atoms with Gasteiger partial charge >= 0.3 is 6.18 Å². The van der Waals surface area contributed by atoms with E-state index >= 15 is 0 Å². The van der Waals surface area contributed by atoms with Crippen LogP contribution in [0, 0.1) is 36.5 Å². The molecule has 1 amide bonds. The molecule has 1 saturated heterocycles. The largest absolute Gasteiger partial charge is 0.392 e. The van der Waals surface area contributed by atoms with E-state index in [0.717, 1.165) is 5.56 Å². The molecular weight excluding hydrogens is 465 g/mol. The first kappa shape index (κ1) is 23.7. The van der Waals surface area contributed by atoms with Gasteiger partial charge in [-0.1, -0.05) is 0 Å². The second-order valence-corrected chi connectivity index (χ2v) is 9.68. The summed E-state index contributed by atoms with van der Waals surface area (Å²) in [6.07, 6.45) is -0.826. The number of hydrogen-bond donors (Lipinski definition) is 2. The molecule has 8 nitrogen and oxygen atoms in total. The summed E-state index contributed by atoms with van der Waals surface area (Å²) in [4.78, 5) is 48.7. The normalized spacial score (nSPS) is 29.9. The minimum absolute atomic E-state index is 0.0141. The molecule has 186 valence electrons. The van der Waals surface area contributed by atoms with E-state index in [2.05, 4.69) is 20.3 Å². The van der Waals surface area contributed by atoms with Gasteiger partial charge < -0.3 is 15.0 Å². The van der Waals surface area contributed by atoms with Gasteiger partial charge in [-0.15, -0.1) is 0 Å². The molecule has 35 heavy (non-hydrogen) atoms. The lowest BCUT2D eigenvalue weighted by Crippen LogP contribution is -2.32. The maximum atomic E-state index is 13.3. The van der Waals surface area contributed by atoms with E-state index in [9.17, 15) is 27.6 Å². The number of carbonyl (C=O) groups is 2. The van der Waals surface area contributed by atoms with Crippen molar-refractivity contribution in [1.29, 1.82) is 0 Å². The monoisotopic (exact) mass is 490 g/mol. The van der Waals surface area contributed by atoms with Gasteiger partial charge in [0.15, 0.2) is 11.6 Å². The number of fused-ring (bicyclic) bond motifs is 1. The summed E-state index contributed by atoms with van der Waals surface area (Å²) in [6.45, 7) is 1.99. The van der Waals surface area contributed by atoms with Gasteiger partial charge in [0.2, 0.25) is 11.5 Å². The SMILES string of the molecule is Cc1cnc(C(=O)C2CC(C(F)(F)F)C3CC23)c(NC(=O)[C@H]2CCO[C@@H](c3ccc(=O)[nH]c3)C2)n1. The Balaban J connectivity index is 1.31. The van der Waals surface area contributed by atoms with Crippen LogP contribution in [0.5, 0.6) is 0 Å². The van der Waals surface area contributed by atoms with Crippen LogP contribution in [-0.2, 0) is 9.53 Å². The Morgan fingerprint density at radius 3 is 2.66 bits per heavy atom. The van der Waals surface area contributed by atoms with Gasteiger partial charge in [0.25, 0.3) is 0 Å². The molecule has 2 saturated carbocycles. The topological polar surface area (TPSA) is 114 Å². The summed E-state index contributed by atoms with van der Waals surface area (Å²) < 4.78 is 45.8. The second kappa shape index (κ2) is 8.85. The molecular formula is C24H25F3N4O4. The number of hydrogen-bond acceptors (Lipinski definition) is 6. The number of halogens is 3. The smallest absolute Gasteiger partial charge is 0.373 e. The zero-order chi connectivity index (χ0) is 24.9. The van der Waals surface area contributed by atoms with Crippen LogP contribution >= 0.6 is 0 Å². The molecule has 2 aromatic heterocycles. The van der Waals surface area contributed by atoms with Crippen LogP contribution in [0.3, 0.4) is 0 Å². The molecule has 0 bridgehead atoms. The minimum Gasteiger partial charge on any atom is -0.373 e. The van der Waals surface area contributed by atoms with Gasteiger partial charge in [0.1, 0.15) is 5.69 Å². The van der Waals surface area contributed by atoms with Gasteiger partial charge in [-0.2, -0.15) is 13.2 Å². The van der Waals surface area contributed by atoms with Crippen molar-refractivity contribution in [2.45, 2.75) is 44.9 Å². The summed E-state index contributed by atoms with van der Waals surface area (Å²) in [5, 5.41) is 2.71. The van der Waals surface area contributed by atoms with Crippen molar-refractivity contribution in [2.24, 2.45) is 29.6 Å². The summed E-state index contributed by atoms with van der Waals surface area (Å²) in [5.41, 5.74) is 0.883. The molecule has 3 aliphatic rings. The zero-order valence-corrected chi connectivity index (χ0v) is 19.0. The van der Waals surface area contributed by atoms with E-state index in [-0.39, 0.29) is 41.4 Å². The highest BCUT2D eigenvalue weighted by atomic mass is 19.4. The standard InChI is InChI=1S/C24H25F3N4O4/c1-11-9-29-20(21(33)16-8-17(24(25,26)27)15-7-14(15)16)22(30-11)31-23(34)12-4-5-35-18(6-12)13-2-3-19(32)28-10-13/h2-3,9-10,12,14-18H,4-8H2,1H3,(H,28,32)(H,30,31,34)/t12-,14?,15?,16?,17?,18+/m0/s1. The third-order valence-electron chi connectivity index (χ3n) is 7.39. The van der Waals surface area contributed by atoms with E-state index in [0.29, 0.717) is 31.6 Å². The summed E-state index contributed by atoms with van der Waals surface area (Å²) in [6, 6.07) is 3.03. The number of amides is 1. The molecule has 3 fully saturated rings. The number of H-pyrrole nitrogens is 1. The van der Waals surface area contributed by atoms with E-state index in [1.54, 1.807) is 19.2 Å². The van der Waals surface area contributed by atoms with Crippen LogP contribution in [0.1, 0.15) is 53.5 Å². The minimum atomic E-state index is -4.32. The Kier molecular flexibility index (Phi) is 5.98. The Bertz CT molecular complexity index is 1190. The van der Waals surface area contributed by atoms with Gasteiger partial charge in [-0.3, -0.25) is 14.4 Å². The quantitative estimate of drug-likeness (QED) is 0.619. The number of pyridine rings is 1. The van der Waals surface area contributed by atoms with E-state index in [1.807, 2.05) is 0 Å². The van der Waals surface area contributed by atoms with Crippen molar-refractivity contribution < 1.29 is 27.5 Å². The van der Waals surface area contributed by atoms with Crippen molar-refractivity contribution in [3.05, 3.63) is 51.8 Å². The summed E-state index contributed by atoms with van der Waals surface area (Å²) >= 11 is 0. The maximum Gasteiger partial charge on any atom is 0.392 e. The first-order chi connectivity index (χ1) is 16.6. The van der Waals surface area contributed by atoms with Crippen LogP contribution in [0.25, 0.3) is 0 Å². The van der Waals surface area contributed by atoms with Gasteiger partial charge in [0, 0.05) is 36.9 Å². The van der Waals surface area contributed by atoms with Crippen LogP contribution in [0.15, 0.2) is 29.3 Å². The molecule has 0 aromatic carbocycles. The second-order valence-electron chi connectivity index (χ2n) is 9.68. The number of rotatable bonds is 5. The van der Waals surface area contributed by atoms with Gasteiger partial charge in [-0.25, -0.2) is 9.97 Å². The fourth-order valence-electron chi connectivity index (χ4n) is 5.49.